The highest BCUT2D eigenvalue weighted by molar-refractivity contribution is 7.08. The van der Waals surface area contributed by atoms with E-state index in [1.54, 1.807) is 16.8 Å². The molecule has 3 rings (SSSR count). The number of rotatable bonds is 3. The van der Waals surface area contributed by atoms with Crippen molar-refractivity contribution >= 4 is 35.0 Å². The number of hydrogen-bond donors (Lipinski definition) is 1. The molecule has 1 aromatic carbocycles. The fraction of sp³-hybridized carbons (Fsp3) is 0.133. The van der Waals surface area contributed by atoms with Crippen LogP contribution in [-0.2, 0) is 4.79 Å². The standard InChI is InChI=1S/C15H8ClF3O4S/c16-10-4-7-3-9(14(20)21)13(15(17,18)19)23-11(7)5-12(10)22-8-1-2-24-6-8/h1-6,13H,(H,20,21). The van der Waals surface area contributed by atoms with Gasteiger partial charge in [-0.15, -0.1) is 11.3 Å². The number of thiophene rings is 1. The topological polar surface area (TPSA) is 55.8 Å². The largest absolute Gasteiger partial charge is 0.478 e. The van der Waals surface area contributed by atoms with Crippen LogP contribution in [-0.4, -0.2) is 23.4 Å². The van der Waals surface area contributed by atoms with E-state index in [-0.39, 0.29) is 22.1 Å². The highest BCUT2D eigenvalue weighted by atomic mass is 35.5. The molecule has 2 heterocycles. The van der Waals surface area contributed by atoms with Gasteiger partial charge in [0.15, 0.2) is 0 Å². The van der Waals surface area contributed by atoms with Gasteiger partial charge in [0.1, 0.15) is 17.2 Å². The summed E-state index contributed by atoms with van der Waals surface area (Å²) in [7, 11) is 0. The molecule has 0 saturated heterocycles. The maximum atomic E-state index is 13.0. The Balaban J connectivity index is 2.03. The summed E-state index contributed by atoms with van der Waals surface area (Å²) in [5.41, 5.74) is -0.770. The zero-order valence-electron chi connectivity index (χ0n) is 11.6. The maximum Gasteiger partial charge on any atom is 0.430 e. The smallest absolute Gasteiger partial charge is 0.430 e. The molecule has 1 N–H and O–H groups in total. The van der Waals surface area contributed by atoms with E-state index in [0.717, 1.165) is 6.08 Å². The van der Waals surface area contributed by atoms with Gasteiger partial charge in [0.2, 0.25) is 6.10 Å². The quantitative estimate of drug-likeness (QED) is 0.820. The second-order valence-electron chi connectivity index (χ2n) is 4.83. The van der Waals surface area contributed by atoms with E-state index in [1.807, 2.05) is 0 Å². The number of carboxylic acids is 1. The molecule has 24 heavy (non-hydrogen) atoms. The Bertz CT molecular complexity index is 815. The Morgan fingerprint density at radius 1 is 1.38 bits per heavy atom. The summed E-state index contributed by atoms with van der Waals surface area (Å²) in [4.78, 5) is 11.1. The first-order valence-electron chi connectivity index (χ1n) is 6.47. The molecular weight excluding hydrogens is 369 g/mol. The number of alkyl halides is 3. The monoisotopic (exact) mass is 376 g/mol. The van der Waals surface area contributed by atoms with Crippen molar-refractivity contribution in [2.24, 2.45) is 0 Å². The molecule has 1 aromatic heterocycles. The molecule has 126 valence electrons. The Morgan fingerprint density at radius 3 is 2.71 bits per heavy atom. The molecule has 0 fully saturated rings. The molecule has 4 nitrogen and oxygen atoms in total. The first-order valence-corrected chi connectivity index (χ1v) is 7.79. The lowest BCUT2D eigenvalue weighted by molar-refractivity contribution is -0.187. The summed E-state index contributed by atoms with van der Waals surface area (Å²) >= 11 is 7.43. The normalized spacial score (nSPS) is 16.8. The molecule has 1 aliphatic rings. The number of halogens is 4. The fourth-order valence-corrected chi connectivity index (χ4v) is 2.89. The molecule has 0 bridgehead atoms. The molecule has 0 aliphatic carbocycles. The average Bonchev–Trinajstić information content (AvgIpc) is 2.98. The number of carboxylic acid groups (broad SMARTS) is 1. The molecule has 0 amide bonds. The van der Waals surface area contributed by atoms with Crippen LogP contribution >= 0.6 is 22.9 Å². The number of carbonyl (C=O) groups is 1. The zero-order chi connectivity index (χ0) is 17.5. The van der Waals surface area contributed by atoms with E-state index >= 15 is 0 Å². The number of fused-ring (bicyclic) bond motifs is 1. The van der Waals surface area contributed by atoms with Crippen molar-refractivity contribution in [1.82, 2.24) is 0 Å². The molecule has 2 aromatic rings. The first-order chi connectivity index (χ1) is 11.3. The Kier molecular flexibility index (Phi) is 4.18. The van der Waals surface area contributed by atoms with Crippen molar-refractivity contribution in [2.75, 3.05) is 0 Å². The van der Waals surface area contributed by atoms with Crippen LogP contribution in [0.4, 0.5) is 13.2 Å². The molecule has 0 radical (unpaired) electrons. The van der Waals surface area contributed by atoms with Crippen LogP contribution in [0.3, 0.4) is 0 Å². The highest BCUT2D eigenvalue weighted by Crippen LogP contribution is 2.42. The highest BCUT2D eigenvalue weighted by Gasteiger charge is 2.48. The van der Waals surface area contributed by atoms with E-state index in [9.17, 15) is 18.0 Å². The number of ether oxygens (including phenoxy) is 2. The van der Waals surface area contributed by atoms with Gasteiger partial charge in [-0.25, -0.2) is 4.79 Å². The molecule has 1 unspecified atom stereocenters. The predicted molar refractivity (Wildman–Crippen MR) is 81.9 cm³/mol. The van der Waals surface area contributed by atoms with Gasteiger partial charge in [-0.05, 0) is 23.6 Å². The van der Waals surface area contributed by atoms with Gasteiger partial charge in [-0.2, -0.15) is 13.2 Å². The molecule has 0 saturated carbocycles. The average molecular weight is 377 g/mol. The maximum absolute atomic E-state index is 13.0. The minimum Gasteiger partial charge on any atom is -0.478 e. The van der Waals surface area contributed by atoms with Crippen LogP contribution < -0.4 is 9.47 Å². The lowest BCUT2D eigenvalue weighted by Gasteiger charge is -2.27. The number of benzene rings is 1. The molecule has 0 spiro atoms. The minimum absolute atomic E-state index is 0.113. The van der Waals surface area contributed by atoms with Gasteiger partial charge in [0, 0.05) is 17.0 Å². The SMILES string of the molecule is O=C(O)C1=Cc2cc(Cl)c(Oc3ccsc3)cc2OC1C(F)(F)F. The third kappa shape index (κ3) is 3.20. The first kappa shape index (κ1) is 16.7. The zero-order valence-corrected chi connectivity index (χ0v) is 13.2. The van der Waals surface area contributed by atoms with E-state index in [2.05, 4.69) is 0 Å². The summed E-state index contributed by atoms with van der Waals surface area (Å²) in [6, 6.07) is 4.18. The van der Waals surface area contributed by atoms with E-state index in [4.69, 9.17) is 26.2 Å². The Labute approximate surface area is 142 Å². The lowest BCUT2D eigenvalue weighted by atomic mass is 10.0. The third-order valence-corrected chi connectivity index (χ3v) is 4.13. The number of aliphatic carboxylic acids is 1. The second kappa shape index (κ2) is 6.03. The van der Waals surface area contributed by atoms with Crippen molar-refractivity contribution in [3.8, 4) is 17.2 Å². The van der Waals surface area contributed by atoms with Crippen LogP contribution in [0.2, 0.25) is 5.02 Å². The Morgan fingerprint density at radius 2 is 2.12 bits per heavy atom. The van der Waals surface area contributed by atoms with Crippen LogP contribution in [0, 0.1) is 0 Å². The third-order valence-electron chi connectivity index (χ3n) is 3.17. The fourth-order valence-electron chi connectivity index (χ4n) is 2.13. The van der Waals surface area contributed by atoms with Gasteiger partial charge in [-0.3, -0.25) is 0 Å². The molecule has 1 aliphatic heterocycles. The van der Waals surface area contributed by atoms with Crippen LogP contribution in [0.1, 0.15) is 5.56 Å². The summed E-state index contributed by atoms with van der Waals surface area (Å²) in [6.07, 6.45) is -6.52. The van der Waals surface area contributed by atoms with Gasteiger partial charge < -0.3 is 14.6 Å². The van der Waals surface area contributed by atoms with Gasteiger partial charge >= 0.3 is 12.1 Å². The summed E-state index contributed by atoms with van der Waals surface area (Å²) < 4.78 is 49.5. The predicted octanol–water partition coefficient (Wildman–Crippen LogP) is 4.99. The van der Waals surface area contributed by atoms with Crippen LogP contribution in [0.25, 0.3) is 6.08 Å². The lowest BCUT2D eigenvalue weighted by Crippen LogP contribution is -2.40. The van der Waals surface area contributed by atoms with Crippen LogP contribution in [0.15, 0.2) is 34.5 Å². The van der Waals surface area contributed by atoms with Crippen molar-refractivity contribution in [3.63, 3.8) is 0 Å². The second-order valence-corrected chi connectivity index (χ2v) is 6.01. The summed E-state index contributed by atoms with van der Waals surface area (Å²) in [5, 5.41) is 12.6. The molecule has 9 heteroatoms. The molecule has 1 atom stereocenters. The van der Waals surface area contributed by atoms with E-state index in [1.165, 1.54) is 23.5 Å². The van der Waals surface area contributed by atoms with Gasteiger partial charge in [-0.1, -0.05) is 11.6 Å². The molecular formula is C15H8ClF3O4S. The van der Waals surface area contributed by atoms with E-state index < -0.39 is 23.8 Å². The van der Waals surface area contributed by atoms with Gasteiger partial charge in [0.05, 0.1) is 10.6 Å². The summed E-state index contributed by atoms with van der Waals surface area (Å²) in [6.45, 7) is 0. The van der Waals surface area contributed by atoms with Crippen molar-refractivity contribution in [2.45, 2.75) is 12.3 Å². The van der Waals surface area contributed by atoms with Crippen molar-refractivity contribution in [1.29, 1.82) is 0 Å². The van der Waals surface area contributed by atoms with Crippen molar-refractivity contribution < 1.29 is 32.5 Å². The van der Waals surface area contributed by atoms with Crippen molar-refractivity contribution in [3.05, 3.63) is 45.1 Å². The van der Waals surface area contributed by atoms with E-state index in [0.29, 0.717) is 5.75 Å². The Hall–Kier alpha value is -2.19. The minimum atomic E-state index is -4.87. The number of hydrogen-bond acceptors (Lipinski definition) is 4. The summed E-state index contributed by atoms with van der Waals surface area (Å²) in [5.74, 6) is -1.27. The van der Waals surface area contributed by atoms with Gasteiger partial charge in [0.25, 0.3) is 0 Å². The van der Waals surface area contributed by atoms with Crippen LogP contribution in [0.5, 0.6) is 17.2 Å².